The lowest BCUT2D eigenvalue weighted by molar-refractivity contribution is 0.0893. The van der Waals surface area contributed by atoms with Gasteiger partial charge >= 0.3 is 0 Å². The van der Waals surface area contributed by atoms with Crippen LogP contribution in [0.4, 0.5) is 8.78 Å². The average molecular weight is 257 g/mol. The maximum Gasteiger partial charge on any atom is 0.179 e. The fourth-order valence-electron chi connectivity index (χ4n) is 1.49. The average Bonchev–Trinajstić information content (AvgIpc) is 2.28. The summed E-state index contributed by atoms with van der Waals surface area (Å²) in [6.07, 6.45) is 0. The van der Waals surface area contributed by atoms with E-state index >= 15 is 0 Å². The van der Waals surface area contributed by atoms with Crippen molar-refractivity contribution in [2.24, 2.45) is 0 Å². The number of benzene rings is 1. The fraction of sp³-hybridized carbons (Fsp3) is 0.462. The normalized spacial score (nSPS) is 10.9. The predicted octanol–water partition coefficient (Wildman–Crippen LogP) is 2.12. The van der Waals surface area contributed by atoms with E-state index in [0.717, 1.165) is 6.07 Å². The summed E-state index contributed by atoms with van der Waals surface area (Å²) in [5, 5.41) is 0. The molecule has 1 aromatic rings. The van der Waals surface area contributed by atoms with E-state index in [0.29, 0.717) is 25.8 Å². The molecule has 0 radical (unpaired) electrons. The number of Topliss-reactive ketones (excluding diaryl/α,β-unsaturated/α-hetero) is 1. The second kappa shape index (κ2) is 7.18. The van der Waals surface area contributed by atoms with Gasteiger partial charge in [0.15, 0.2) is 5.78 Å². The monoisotopic (exact) mass is 257 g/mol. The first-order valence-electron chi connectivity index (χ1n) is 5.79. The van der Waals surface area contributed by atoms with Crippen molar-refractivity contribution in [1.82, 2.24) is 4.90 Å². The fourth-order valence-corrected chi connectivity index (χ4v) is 1.49. The van der Waals surface area contributed by atoms with Crippen LogP contribution in [0, 0.1) is 11.6 Å². The van der Waals surface area contributed by atoms with Gasteiger partial charge in [0.05, 0.1) is 18.7 Å². The Balaban J connectivity index is 2.54. The summed E-state index contributed by atoms with van der Waals surface area (Å²) in [4.78, 5) is 13.5. The van der Waals surface area contributed by atoms with Gasteiger partial charge in [-0.1, -0.05) is 0 Å². The van der Waals surface area contributed by atoms with Gasteiger partial charge < -0.3 is 4.74 Å². The van der Waals surface area contributed by atoms with Crippen LogP contribution in [-0.4, -0.2) is 44.0 Å². The highest BCUT2D eigenvalue weighted by Crippen LogP contribution is 2.10. The van der Waals surface area contributed by atoms with Crippen molar-refractivity contribution in [2.75, 3.05) is 33.4 Å². The number of likely N-dealkylation sites (N-methyl/N-ethyl adjacent to an activating group) is 1. The lowest BCUT2D eigenvalue weighted by Crippen LogP contribution is -2.29. The number of carbonyl (C=O) groups is 1. The Bertz CT molecular complexity index is 410. The summed E-state index contributed by atoms with van der Waals surface area (Å²) in [5.41, 5.74) is -0.0836. The van der Waals surface area contributed by atoms with Crippen molar-refractivity contribution in [1.29, 1.82) is 0 Å². The molecule has 0 amide bonds. The number of halogens is 2. The molecule has 1 rings (SSSR count). The van der Waals surface area contributed by atoms with E-state index < -0.39 is 11.6 Å². The number of ether oxygens (including phenoxy) is 1. The van der Waals surface area contributed by atoms with Gasteiger partial charge in [-0.2, -0.15) is 0 Å². The first-order valence-corrected chi connectivity index (χ1v) is 5.79. The quantitative estimate of drug-likeness (QED) is 0.553. The van der Waals surface area contributed by atoms with E-state index in [1.165, 1.54) is 6.07 Å². The van der Waals surface area contributed by atoms with Crippen molar-refractivity contribution in [3.63, 3.8) is 0 Å². The van der Waals surface area contributed by atoms with Crippen molar-refractivity contribution in [3.8, 4) is 0 Å². The zero-order valence-corrected chi connectivity index (χ0v) is 10.6. The summed E-state index contributed by atoms with van der Waals surface area (Å²) in [6, 6.07) is 2.97. The molecular weight excluding hydrogens is 240 g/mol. The molecule has 0 aliphatic carbocycles. The second-order valence-corrected chi connectivity index (χ2v) is 3.98. The molecule has 18 heavy (non-hydrogen) atoms. The van der Waals surface area contributed by atoms with E-state index in [2.05, 4.69) is 0 Å². The third-order valence-corrected chi connectivity index (χ3v) is 2.47. The minimum absolute atomic E-state index is 0.0790. The molecule has 1 aromatic carbocycles. The Morgan fingerprint density at radius 1 is 1.39 bits per heavy atom. The zero-order chi connectivity index (χ0) is 13.5. The Morgan fingerprint density at radius 2 is 2.11 bits per heavy atom. The predicted molar refractivity (Wildman–Crippen MR) is 64.7 cm³/mol. The number of carbonyl (C=O) groups excluding carboxylic acids is 1. The largest absolute Gasteiger partial charge is 0.380 e. The molecular formula is C13H17F2NO2. The van der Waals surface area contributed by atoms with Gasteiger partial charge in [0, 0.05) is 19.2 Å². The third-order valence-electron chi connectivity index (χ3n) is 2.47. The number of ketones is 1. The van der Waals surface area contributed by atoms with E-state index in [1.54, 1.807) is 11.9 Å². The molecule has 0 spiro atoms. The molecule has 3 nitrogen and oxygen atoms in total. The van der Waals surface area contributed by atoms with Crippen LogP contribution in [0.25, 0.3) is 0 Å². The smallest absolute Gasteiger partial charge is 0.179 e. The molecule has 0 fully saturated rings. The Labute approximate surface area is 105 Å². The van der Waals surface area contributed by atoms with Crippen LogP contribution in [0.1, 0.15) is 17.3 Å². The molecule has 100 valence electrons. The Morgan fingerprint density at radius 3 is 2.72 bits per heavy atom. The van der Waals surface area contributed by atoms with Gasteiger partial charge in [-0.15, -0.1) is 0 Å². The first kappa shape index (κ1) is 14.7. The van der Waals surface area contributed by atoms with Crippen LogP contribution in [0.3, 0.4) is 0 Å². The van der Waals surface area contributed by atoms with E-state index in [1.807, 2.05) is 6.92 Å². The maximum absolute atomic E-state index is 13.4. The van der Waals surface area contributed by atoms with Crippen molar-refractivity contribution < 1.29 is 18.3 Å². The Kier molecular flexibility index (Phi) is 5.88. The minimum atomic E-state index is -0.821. The molecule has 0 bridgehead atoms. The van der Waals surface area contributed by atoms with Crippen molar-refractivity contribution in [2.45, 2.75) is 6.92 Å². The number of nitrogens with zero attached hydrogens (tertiary/aromatic N) is 1. The topological polar surface area (TPSA) is 29.5 Å². The highest BCUT2D eigenvalue weighted by atomic mass is 19.1. The molecule has 0 aliphatic heterocycles. The third kappa shape index (κ3) is 4.50. The molecule has 5 heteroatoms. The molecule has 0 aliphatic rings. The highest BCUT2D eigenvalue weighted by molar-refractivity contribution is 5.97. The van der Waals surface area contributed by atoms with Crippen molar-refractivity contribution >= 4 is 5.78 Å². The number of rotatable bonds is 7. The van der Waals surface area contributed by atoms with Gasteiger partial charge in [-0.05, 0) is 26.1 Å². The molecule has 0 aromatic heterocycles. The minimum Gasteiger partial charge on any atom is -0.380 e. The van der Waals surface area contributed by atoms with Crippen LogP contribution in [-0.2, 0) is 4.74 Å². The lowest BCUT2D eigenvalue weighted by atomic mass is 10.1. The summed E-state index contributed by atoms with van der Waals surface area (Å²) < 4.78 is 31.2. The number of hydrogen-bond donors (Lipinski definition) is 0. The van der Waals surface area contributed by atoms with Gasteiger partial charge in [-0.25, -0.2) is 8.78 Å². The molecule has 0 atom stereocenters. The highest BCUT2D eigenvalue weighted by Gasteiger charge is 2.14. The molecule has 0 heterocycles. The first-order chi connectivity index (χ1) is 8.54. The molecule has 0 N–H and O–H groups in total. The maximum atomic E-state index is 13.4. The van der Waals surface area contributed by atoms with Gasteiger partial charge in [0.1, 0.15) is 11.6 Å². The number of hydrogen-bond acceptors (Lipinski definition) is 3. The standard InChI is InChI=1S/C13H17F2NO2/c1-3-18-7-6-16(2)9-13(17)11-5-4-10(14)8-12(11)15/h4-5,8H,3,6-7,9H2,1-2H3. The van der Waals surface area contributed by atoms with Crippen LogP contribution in [0.15, 0.2) is 18.2 Å². The Hall–Kier alpha value is -1.33. The SMILES string of the molecule is CCOCCN(C)CC(=O)c1ccc(F)cc1F. The van der Waals surface area contributed by atoms with Gasteiger partial charge in [0.25, 0.3) is 0 Å². The van der Waals surface area contributed by atoms with E-state index in [-0.39, 0.29) is 17.9 Å². The summed E-state index contributed by atoms with van der Waals surface area (Å²) >= 11 is 0. The van der Waals surface area contributed by atoms with E-state index in [9.17, 15) is 13.6 Å². The van der Waals surface area contributed by atoms with Gasteiger partial charge in [0.2, 0.25) is 0 Å². The van der Waals surface area contributed by atoms with Crippen molar-refractivity contribution in [3.05, 3.63) is 35.4 Å². The lowest BCUT2D eigenvalue weighted by Gasteiger charge is -2.15. The zero-order valence-electron chi connectivity index (χ0n) is 10.6. The van der Waals surface area contributed by atoms with E-state index in [4.69, 9.17) is 4.74 Å². The van der Waals surface area contributed by atoms with Crippen LogP contribution >= 0.6 is 0 Å². The molecule has 0 saturated carbocycles. The second-order valence-electron chi connectivity index (χ2n) is 3.98. The summed E-state index contributed by atoms with van der Waals surface area (Å²) in [5.74, 6) is -1.88. The summed E-state index contributed by atoms with van der Waals surface area (Å²) in [7, 11) is 1.75. The molecule has 0 unspecified atom stereocenters. The van der Waals surface area contributed by atoms with Crippen LogP contribution < -0.4 is 0 Å². The summed E-state index contributed by atoms with van der Waals surface area (Å²) in [6.45, 7) is 3.69. The molecule has 0 saturated heterocycles. The van der Waals surface area contributed by atoms with Crippen LogP contribution in [0.2, 0.25) is 0 Å². The van der Waals surface area contributed by atoms with Crippen LogP contribution in [0.5, 0.6) is 0 Å². The van der Waals surface area contributed by atoms with Gasteiger partial charge in [-0.3, -0.25) is 9.69 Å².